The van der Waals surface area contributed by atoms with Gasteiger partial charge in [0, 0.05) is 5.02 Å². The minimum atomic E-state index is -0.0859. The van der Waals surface area contributed by atoms with Gasteiger partial charge in [0.2, 0.25) is 0 Å². The van der Waals surface area contributed by atoms with E-state index in [4.69, 9.17) is 28.0 Å². The van der Waals surface area contributed by atoms with Crippen LogP contribution in [0.4, 0.5) is 0 Å². The van der Waals surface area contributed by atoms with Gasteiger partial charge in [-0.2, -0.15) is 0 Å². The van der Waals surface area contributed by atoms with Crippen LogP contribution in [0.2, 0.25) is 5.02 Å². The molecule has 18 heavy (non-hydrogen) atoms. The second-order valence-corrected chi connectivity index (χ2v) is 5.93. The topological polar surface area (TPSA) is 12.5 Å². The Morgan fingerprint density at radius 2 is 1.83 bits per heavy atom. The third-order valence-electron chi connectivity index (χ3n) is 3.42. The number of hydrogen-bond donors (Lipinski definition) is 0. The summed E-state index contributed by atoms with van der Waals surface area (Å²) in [6.45, 7) is 6.41. The van der Waals surface area contributed by atoms with Crippen molar-refractivity contribution in [3.8, 4) is 0 Å². The maximum Gasteiger partial charge on any atom is 0.128 e. The summed E-state index contributed by atoms with van der Waals surface area (Å²) < 4.78 is 0. The Morgan fingerprint density at radius 3 is 2.39 bits per heavy atom. The van der Waals surface area contributed by atoms with Gasteiger partial charge in [0.05, 0.1) is 10.6 Å². The van der Waals surface area contributed by atoms with Crippen molar-refractivity contribution in [1.29, 1.82) is 0 Å². The van der Waals surface area contributed by atoms with E-state index in [1.807, 2.05) is 29.3 Å². The highest BCUT2D eigenvalue weighted by Crippen LogP contribution is 2.41. The zero-order chi connectivity index (χ0) is 13.3. The molecule has 0 amide bonds. The highest BCUT2D eigenvalue weighted by Gasteiger charge is 2.39. The van der Waals surface area contributed by atoms with Gasteiger partial charge in [0.25, 0.3) is 0 Å². The van der Waals surface area contributed by atoms with Gasteiger partial charge < -0.3 is 4.84 Å². The molecule has 4 heteroatoms. The van der Waals surface area contributed by atoms with E-state index in [0.29, 0.717) is 5.03 Å². The third-order valence-corrected chi connectivity index (χ3v) is 3.97. The number of hydrogen-bond acceptors (Lipinski definition) is 2. The van der Waals surface area contributed by atoms with E-state index in [-0.39, 0.29) is 11.6 Å². The molecule has 0 aliphatic carbocycles. The summed E-state index contributed by atoms with van der Waals surface area (Å²) >= 11 is 12.2. The lowest BCUT2D eigenvalue weighted by molar-refractivity contribution is -0.174. The van der Waals surface area contributed by atoms with Gasteiger partial charge in [0.1, 0.15) is 12.3 Å². The Morgan fingerprint density at radius 1 is 1.22 bits per heavy atom. The molecule has 0 saturated heterocycles. The molecule has 0 spiro atoms. The first-order valence-corrected chi connectivity index (χ1v) is 6.78. The standard InChI is InChI=1S/C14H17Cl2NO/c1-4-14(2,3)17-13(12(16)9-18-17)10-5-7-11(15)8-6-10/h5-9,13H,4H2,1-3H3. The third kappa shape index (κ3) is 2.51. The van der Waals surface area contributed by atoms with Crippen molar-refractivity contribution in [3.63, 3.8) is 0 Å². The normalized spacial score (nSPS) is 20.7. The van der Waals surface area contributed by atoms with Gasteiger partial charge in [0.15, 0.2) is 0 Å². The Balaban J connectivity index is 2.33. The van der Waals surface area contributed by atoms with Crippen molar-refractivity contribution in [2.75, 3.05) is 0 Å². The van der Waals surface area contributed by atoms with Crippen molar-refractivity contribution >= 4 is 23.2 Å². The van der Waals surface area contributed by atoms with Gasteiger partial charge in [-0.25, -0.2) is 0 Å². The van der Waals surface area contributed by atoms with Crippen LogP contribution in [0.1, 0.15) is 38.8 Å². The molecule has 1 aromatic carbocycles. The first kappa shape index (κ1) is 13.7. The molecular weight excluding hydrogens is 269 g/mol. The average molecular weight is 286 g/mol. The molecule has 2 nitrogen and oxygen atoms in total. The highest BCUT2D eigenvalue weighted by atomic mass is 35.5. The van der Waals surface area contributed by atoms with E-state index in [1.54, 1.807) is 6.26 Å². The number of benzene rings is 1. The Bertz CT molecular complexity index is 453. The van der Waals surface area contributed by atoms with Crippen LogP contribution in [0, 0.1) is 0 Å². The number of rotatable bonds is 3. The van der Waals surface area contributed by atoms with E-state index in [1.165, 1.54) is 0 Å². The monoisotopic (exact) mass is 285 g/mol. The van der Waals surface area contributed by atoms with Gasteiger partial charge >= 0.3 is 0 Å². The van der Waals surface area contributed by atoms with Crippen LogP contribution in [0.25, 0.3) is 0 Å². The minimum Gasteiger partial charge on any atom is -0.411 e. The molecule has 0 bridgehead atoms. The first-order chi connectivity index (χ1) is 8.45. The molecule has 0 radical (unpaired) electrons. The highest BCUT2D eigenvalue weighted by molar-refractivity contribution is 6.31. The van der Waals surface area contributed by atoms with Crippen LogP contribution in [-0.2, 0) is 4.84 Å². The molecule has 1 aliphatic heterocycles. The van der Waals surface area contributed by atoms with Gasteiger partial charge in [-0.15, -0.1) is 5.06 Å². The smallest absolute Gasteiger partial charge is 0.128 e. The van der Waals surface area contributed by atoms with Crippen LogP contribution in [0.15, 0.2) is 35.6 Å². The number of hydroxylamine groups is 2. The van der Waals surface area contributed by atoms with Gasteiger partial charge in [-0.3, -0.25) is 0 Å². The summed E-state index contributed by atoms with van der Waals surface area (Å²) in [6, 6.07) is 7.65. The zero-order valence-electron chi connectivity index (χ0n) is 10.8. The van der Waals surface area contributed by atoms with Gasteiger partial charge in [-0.05, 0) is 38.0 Å². The van der Waals surface area contributed by atoms with Crippen LogP contribution in [-0.4, -0.2) is 10.6 Å². The summed E-state index contributed by atoms with van der Waals surface area (Å²) in [5.74, 6) is 0. The van der Waals surface area contributed by atoms with Crippen molar-refractivity contribution in [1.82, 2.24) is 5.06 Å². The predicted molar refractivity (Wildman–Crippen MR) is 75.4 cm³/mol. The lowest BCUT2D eigenvalue weighted by atomic mass is 9.97. The van der Waals surface area contributed by atoms with E-state index in [2.05, 4.69) is 20.8 Å². The zero-order valence-corrected chi connectivity index (χ0v) is 12.3. The molecule has 1 aliphatic rings. The van der Waals surface area contributed by atoms with Crippen LogP contribution in [0.5, 0.6) is 0 Å². The van der Waals surface area contributed by atoms with Crippen molar-refractivity contribution in [2.45, 2.75) is 38.8 Å². The summed E-state index contributed by atoms with van der Waals surface area (Å²) in [5, 5.41) is 3.36. The van der Waals surface area contributed by atoms with Gasteiger partial charge in [-0.1, -0.05) is 42.3 Å². The fourth-order valence-electron chi connectivity index (χ4n) is 1.93. The quantitative estimate of drug-likeness (QED) is 0.783. The number of halogens is 2. The maximum atomic E-state index is 6.27. The molecule has 1 heterocycles. The molecule has 98 valence electrons. The van der Waals surface area contributed by atoms with Crippen LogP contribution in [0.3, 0.4) is 0 Å². The van der Waals surface area contributed by atoms with Crippen LogP contribution >= 0.6 is 23.2 Å². The second-order valence-electron chi connectivity index (χ2n) is 5.05. The molecule has 0 saturated carbocycles. The summed E-state index contributed by atoms with van der Waals surface area (Å²) in [6.07, 6.45) is 2.58. The molecule has 1 atom stereocenters. The molecule has 1 aromatic rings. The summed E-state index contributed by atoms with van der Waals surface area (Å²) in [4.78, 5) is 5.62. The van der Waals surface area contributed by atoms with Crippen molar-refractivity contribution < 1.29 is 4.84 Å². The van der Waals surface area contributed by atoms with E-state index >= 15 is 0 Å². The van der Waals surface area contributed by atoms with Crippen LogP contribution < -0.4 is 0 Å². The maximum absolute atomic E-state index is 6.27. The number of nitrogens with zero attached hydrogens (tertiary/aromatic N) is 1. The molecule has 0 fully saturated rings. The SMILES string of the molecule is CCC(C)(C)N1OC=C(Cl)C1c1ccc(Cl)cc1. The fraction of sp³-hybridized carbons (Fsp3) is 0.429. The predicted octanol–water partition coefficient (Wildman–Crippen LogP) is 4.90. The molecule has 1 unspecified atom stereocenters. The Labute approximate surface area is 118 Å². The summed E-state index contributed by atoms with van der Waals surface area (Å²) in [5.41, 5.74) is 0.997. The lowest BCUT2D eigenvalue weighted by Gasteiger charge is -2.37. The van der Waals surface area contributed by atoms with Crippen molar-refractivity contribution in [3.05, 3.63) is 46.1 Å². The molecule has 0 N–H and O–H groups in total. The summed E-state index contributed by atoms with van der Waals surface area (Å²) in [7, 11) is 0. The molecular formula is C14H17Cl2NO. The minimum absolute atomic E-state index is 0.0566. The van der Waals surface area contributed by atoms with E-state index in [0.717, 1.165) is 17.0 Å². The largest absolute Gasteiger partial charge is 0.411 e. The average Bonchev–Trinajstić information content (AvgIpc) is 2.73. The molecule has 0 aromatic heterocycles. The Hall–Kier alpha value is -0.700. The first-order valence-electron chi connectivity index (χ1n) is 6.03. The van der Waals surface area contributed by atoms with E-state index < -0.39 is 0 Å². The fourth-order valence-corrected chi connectivity index (χ4v) is 2.31. The molecule has 2 rings (SSSR count). The second kappa shape index (κ2) is 5.12. The Kier molecular flexibility index (Phi) is 3.90. The lowest BCUT2D eigenvalue weighted by Crippen LogP contribution is -2.42. The van der Waals surface area contributed by atoms with Crippen molar-refractivity contribution in [2.24, 2.45) is 0 Å². The van der Waals surface area contributed by atoms with E-state index in [9.17, 15) is 0 Å².